The monoisotopic (exact) mass is 331 g/mol. The summed E-state index contributed by atoms with van der Waals surface area (Å²) in [5.74, 6) is 0.173. The first-order chi connectivity index (χ1) is 11.3. The van der Waals surface area contributed by atoms with E-state index in [1.165, 1.54) is 0 Å². The zero-order valence-electron chi connectivity index (χ0n) is 15.3. The first-order valence-corrected chi connectivity index (χ1v) is 8.64. The van der Waals surface area contributed by atoms with Gasteiger partial charge in [-0.25, -0.2) is 0 Å². The van der Waals surface area contributed by atoms with Crippen molar-refractivity contribution >= 4 is 17.5 Å². The molecule has 5 heteroatoms. The summed E-state index contributed by atoms with van der Waals surface area (Å²) in [6, 6.07) is 7.98. The van der Waals surface area contributed by atoms with Crippen LogP contribution >= 0.6 is 0 Å². The molecule has 1 aliphatic heterocycles. The molecule has 2 rings (SSSR count). The first-order valence-electron chi connectivity index (χ1n) is 8.64. The topological polar surface area (TPSA) is 52.7 Å². The standard InChI is InChI=1S/C19H29N3O2/c1-15(23)22-13-11-21(12-14-22)10-9-18(24)20-17-8-6-5-7-16(17)19(2,3)4/h5-8H,9-14H2,1-4H3,(H,20,24). The van der Waals surface area contributed by atoms with Crippen LogP contribution in [0.1, 0.15) is 39.7 Å². The van der Waals surface area contributed by atoms with Crippen LogP contribution in [0.2, 0.25) is 0 Å². The molecular formula is C19H29N3O2. The van der Waals surface area contributed by atoms with Gasteiger partial charge in [-0.3, -0.25) is 14.5 Å². The Morgan fingerprint density at radius 3 is 2.29 bits per heavy atom. The van der Waals surface area contributed by atoms with Crippen molar-refractivity contribution in [3.63, 3.8) is 0 Å². The number of rotatable bonds is 4. The highest BCUT2D eigenvalue weighted by atomic mass is 16.2. The third-order valence-electron chi connectivity index (χ3n) is 4.48. The normalized spacial score (nSPS) is 16.1. The minimum atomic E-state index is -0.00705. The molecule has 1 aromatic carbocycles. The van der Waals surface area contributed by atoms with Gasteiger partial charge in [0.25, 0.3) is 0 Å². The second-order valence-electron chi connectivity index (χ2n) is 7.44. The Balaban J connectivity index is 1.84. The summed E-state index contributed by atoms with van der Waals surface area (Å²) in [5.41, 5.74) is 2.04. The van der Waals surface area contributed by atoms with E-state index < -0.39 is 0 Å². The molecule has 0 unspecified atom stereocenters. The van der Waals surface area contributed by atoms with E-state index in [4.69, 9.17) is 0 Å². The van der Waals surface area contributed by atoms with Crippen molar-refractivity contribution in [2.24, 2.45) is 0 Å². The smallest absolute Gasteiger partial charge is 0.225 e. The Morgan fingerprint density at radius 1 is 1.08 bits per heavy atom. The molecule has 1 fully saturated rings. The molecule has 132 valence electrons. The summed E-state index contributed by atoms with van der Waals surface area (Å²) < 4.78 is 0. The van der Waals surface area contributed by atoms with Crippen LogP contribution in [-0.4, -0.2) is 54.3 Å². The summed E-state index contributed by atoms with van der Waals surface area (Å²) >= 11 is 0. The van der Waals surface area contributed by atoms with Gasteiger partial charge in [0.15, 0.2) is 0 Å². The van der Waals surface area contributed by atoms with Crippen LogP contribution in [0, 0.1) is 0 Å². The van der Waals surface area contributed by atoms with E-state index in [1.807, 2.05) is 23.1 Å². The molecule has 24 heavy (non-hydrogen) atoms. The maximum atomic E-state index is 12.3. The van der Waals surface area contributed by atoms with Gasteiger partial charge >= 0.3 is 0 Å². The Labute approximate surface area is 145 Å². The summed E-state index contributed by atoms with van der Waals surface area (Å²) in [4.78, 5) is 27.7. The third kappa shape index (κ3) is 5.06. The van der Waals surface area contributed by atoms with Crippen molar-refractivity contribution < 1.29 is 9.59 Å². The molecule has 0 saturated carbocycles. The zero-order valence-corrected chi connectivity index (χ0v) is 15.3. The van der Waals surface area contributed by atoms with Crippen molar-refractivity contribution in [1.82, 2.24) is 9.80 Å². The minimum absolute atomic E-state index is 0.00705. The number of hydrogen-bond acceptors (Lipinski definition) is 3. The number of anilines is 1. The lowest BCUT2D eigenvalue weighted by Gasteiger charge is -2.34. The average Bonchev–Trinajstić information content (AvgIpc) is 2.53. The number of nitrogens with one attached hydrogen (secondary N) is 1. The number of carbonyl (C=O) groups excluding carboxylic acids is 2. The molecule has 1 aliphatic rings. The molecule has 0 bridgehead atoms. The second kappa shape index (κ2) is 7.79. The summed E-state index contributed by atoms with van der Waals surface area (Å²) in [7, 11) is 0. The zero-order chi connectivity index (χ0) is 17.7. The van der Waals surface area contributed by atoms with Crippen molar-refractivity contribution in [3.05, 3.63) is 29.8 Å². The molecule has 0 atom stereocenters. The van der Waals surface area contributed by atoms with Crippen molar-refractivity contribution in [1.29, 1.82) is 0 Å². The van der Waals surface area contributed by atoms with Crippen LogP contribution in [-0.2, 0) is 15.0 Å². The lowest BCUT2D eigenvalue weighted by Crippen LogP contribution is -2.48. The first kappa shape index (κ1) is 18.5. The molecule has 0 aliphatic carbocycles. The number of para-hydroxylation sites is 1. The number of hydrogen-bond donors (Lipinski definition) is 1. The predicted octanol–water partition coefficient (Wildman–Crippen LogP) is 2.48. The van der Waals surface area contributed by atoms with Gasteiger partial charge in [0.2, 0.25) is 11.8 Å². The van der Waals surface area contributed by atoms with Crippen molar-refractivity contribution in [2.75, 3.05) is 38.0 Å². The summed E-state index contributed by atoms with van der Waals surface area (Å²) in [6.07, 6.45) is 0.471. The van der Waals surface area contributed by atoms with Crippen molar-refractivity contribution in [3.8, 4) is 0 Å². The predicted molar refractivity (Wildman–Crippen MR) is 97.1 cm³/mol. The number of carbonyl (C=O) groups is 2. The number of benzene rings is 1. The fourth-order valence-corrected chi connectivity index (χ4v) is 3.00. The molecule has 5 nitrogen and oxygen atoms in total. The Hall–Kier alpha value is -1.88. The quantitative estimate of drug-likeness (QED) is 0.922. The summed E-state index contributed by atoms with van der Waals surface area (Å²) in [5, 5.41) is 3.05. The Morgan fingerprint density at radius 2 is 1.71 bits per heavy atom. The van der Waals surface area contributed by atoms with Crippen LogP contribution in [0.15, 0.2) is 24.3 Å². The van der Waals surface area contributed by atoms with E-state index in [2.05, 4.69) is 37.1 Å². The Kier molecular flexibility index (Phi) is 5.99. The molecule has 1 aromatic rings. The summed E-state index contributed by atoms with van der Waals surface area (Å²) in [6.45, 7) is 12.0. The van der Waals surface area contributed by atoms with Crippen LogP contribution < -0.4 is 5.32 Å². The highest BCUT2D eigenvalue weighted by Crippen LogP contribution is 2.29. The molecule has 0 aromatic heterocycles. The minimum Gasteiger partial charge on any atom is -0.340 e. The van der Waals surface area contributed by atoms with Gasteiger partial charge in [0, 0.05) is 51.8 Å². The van der Waals surface area contributed by atoms with Crippen LogP contribution in [0.4, 0.5) is 5.69 Å². The van der Waals surface area contributed by atoms with Gasteiger partial charge in [-0.05, 0) is 17.0 Å². The second-order valence-corrected chi connectivity index (χ2v) is 7.44. The van der Waals surface area contributed by atoms with E-state index in [1.54, 1.807) is 6.92 Å². The van der Waals surface area contributed by atoms with Crippen molar-refractivity contribution in [2.45, 2.75) is 39.5 Å². The van der Waals surface area contributed by atoms with Crippen LogP contribution in [0.25, 0.3) is 0 Å². The number of nitrogens with zero attached hydrogens (tertiary/aromatic N) is 2. The van der Waals surface area contributed by atoms with Gasteiger partial charge in [-0.1, -0.05) is 39.0 Å². The fourth-order valence-electron chi connectivity index (χ4n) is 3.00. The lowest BCUT2D eigenvalue weighted by molar-refractivity contribution is -0.130. The van der Waals surface area contributed by atoms with Crippen LogP contribution in [0.3, 0.4) is 0 Å². The van der Waals surface area contributed by atoms with E-state index in [0.717, 1.165) is 44.0 Å². The average molecular weight is 331 g/mol. The molecular weight excluding hydrogens is 302 g/mol. The molecule has 2 amide bonds. The largest absolute Gasteiger partial charge is 0.340 e. The highest BCUT2D eigenvalue weighted by molar-refractivity contribution is 5.91. The van der Waals surface area contributed by atoms with Gasteiger partial charge in [-0.2, -0.15) is 0 Å². The van der Waals surface area contributed by atoms with E-state index >= 15 is 0 Å². The van der Waals surface area contributed by atoms with E-state index in [-0.39, 0.29) is 17.2 Å². The molecule has 1 saturated heterocycles. The third-order valence-corrected chi connectivity index (χ3v) is 4.48. The molecule has 1 N–H and O–H groups in total. The lowest BCUT2D eigenvalue weighted by atomic mass is 9.86. The highest BCUT2D eigenvalue weighted by Gasteiger charge is 2.20. The molecule has 0 spiro atoms. The SMILES string of the molecule is CC(=O)N1CCN(CCC(=O)Nc2ccccc2C(C)(C)C)CC1. The molecule has 0 radical (unpaired) electrons. The fraction of sp³-hybridized carbons (Fsp3) is 0.579. The maximum absolute atomic E-state index is 12.3. The molecule has 1 heterocycles. The van der Waals surface area contributed by atoms with E-state index in [9.17, 15) is 9.59 Å². The number of amides is 2. The van der Waals surface area contributed by atoms with Crippen LogP contribution in [0.5, 0.6) is 0 Å². The van der Waals surface area contributed by atoms with Gasteiger partial charge < -0.3 is 10.2 Å². The Bertz CT molecular complexity index is 585. The van der Waals surface area contributed by atoms with E-state index in [0.29, 0.717) is 6.42 Å². The maximum Gasteiger partial charge on any atom is 0.225 e. The van der Waals surface area contributed by atoms with Gasteiger partial charge in [0.05, 0.1) is 0 Å². The van der Waals surface area contributed by atoms with Gasteiger partial charge in [0.1, 0.15) is 0 Å². The van der Waals surface area contributed by atoms with Gasteiger partial charge in [-0.15, -0.1) is 0 Å². The number of piperazine rings is 1.